The van der Waals surface area contributed by atoms with E-state index in [1.807, 2.05) is 23.9 Å². The summed E-state index contributed by atoms with van der Waals surface area (Å²) in [6.07, 6.45) is 3.73. The molecule has 2 aromatic rings. The van der Waals surface area contributed by atoms with Crippen molar-refractivity contribution in [3.63, 3.8) is 0 Å². The molecule has 4 nitrogen and oxygen atoms in total. The summed E-state index contributed by atoms with van der Waals surface area (Å²) in [5, 5.41) is 6.31. The molecule has 6 heteroatoms. The Kier molecular flexibility index (Phi) is 4.29. The monoisotopic (exact) mass is 326 g/mol. The van der Waals surface area contributed by atoms with Crippen molar-refractivity contribution in [2.45, 2.75) is 29.8 Å². The van der Waals surface area contributed by atoms with Gasteiger partial charge in [-0.05, 0) is 46.2 Å². The van der Waals surface area contributed by atoms with Gasteiger partial charge < -0.3 is 5.73 Å². The zero-order chi connectivity index (χ0) is 13.1. The van der Waals surface area contributed by atoms with Gasteiger partial charge in [-0.3, -0.25) is 4.68 Å². The van der Waals surface area contributed by atoms with Crippen molar-refractivity contribution < 1.29 is 0 Å². The van der Waals surface area contributed by atoms with Crippen LogP contribution in [0.5, 0.6) is 0 Å². The van der Waals surface area contributed by atoms with Crippen LogP contribution in [0.2, 0.25) is 0 Å². The summed E-state index contributed by atoms with van der Waals surface area (Å²) in [6, 6.07) is 3.93. The van der Waals surface area contributed by atoms with Gasteiger partial charge in [-0.2, -0.15) is 5.10 Å². The lowest BCUT2D eigenvalue weighted by atomic mass is 10.2. The maximum Gasteiger partial charge on any atom is 0.123 e. The normalized spacial score (nSPS) is 10.8. The third kappa shape index (κ3) is 2.87. The Hall–Kier alpha value is -1.01. The van der Waals surface area contributed by atoms with Crippen LogP contribution in [0.4, 0.5) is 5.69 Å². The minimum atomic E-state index is 0.772. The van der Waals surface area contributed by atoms with Crippen LogP contribution >= 0.6 is 27.7 Å². The van der Waals surface area contributed by atoms with Gasteiger partial charge in [0.1, 0.15) is 10.1 Å². The SMILES string of the molecule is CCCc1nn(C)c(Sc2ccc(Br)cn2)c1N. The topological polar surface area (TPSA) is 56.7 Å². The summed E-state index contributed by atoms with van der Waals surface area (Å²) in [5.41, 5.74) is 7.87. The fraction of sp³-hybridized carbons (Fsp3) is 0.333. The van der Waals surface area contributed by atoms with Gasteiger partial charge in [-0.1, -0.05) is 13.3 Å². The molecule has 0 saturated carbocycles. The van der Waals surface area contributed by atoms with E-state index in [-0.39, 0.29) is 0 Å². The summed E-state index contributed by atoms with van der Waals surface area (Å²) >= 11 is 4.91. The van der Waals surface area contributed by atoms with E-state index in [0.29, 0.717) is 0 Å². The quantitative estimate of drug-likeness (QED) is 0.936. The third-order valence-electron chi connectivity index (χ3n) is 2.49. The van der Waals surface area contributed by atoms with E-state index in [1.165, 1.54) is 11.8 Å². The molecule has 2 aromatic heterocycles. The number of anilines is 1. The van der Waals surface area contributed by atoms with E-state index in [9.17, 15) is 0 Å². The summed E-state index contributed by atoms with van der Waals surface area (Å²) in [6.45, 7) is 2.12. The molecule has 0 saturated heterocycles. The molecule has 96 valence electrons. The molecule has 0 bridgehead atoms. The van der Waals surface area contributed by atoms with E-state index in [1.54, 1.807) is 6.20 Å². The fourth-order valence-electron chi connectivity index (χ4n) is 1.64. The first-order valence-corrected chi connectivity index (χ1v) is 7.33. The lowest BCUT2D eigenvalue weighted by Crippen LogP contribution is -1.94. The number of hydrogen-bond acceptors (Lipinski definition) is 4. The summed E-state index contributed by atoms with van der Waals surface area (Å²) in [4.78, 5) is 4.33. The smallest absolute Gasteiger partial charge is 0.123 e. The molecule has 0 aliphatic rings. The Labute approximate surface area is 119 Å². The Morgan fingerprint density at radius 1 is 1.44 bits per heavy atom. The van der Waals surface area contributed by atoms with Crippen molar-refractivity contribution >= 4 is 33.4 Å². The van der Waals surface area contributed by atoms with Crippen LogP contribution in [0, 0.1) is 0 Å². The predicted octanol–water partition coefficient (Wildman–Crippen LogP) is 3.26. The van der Waals surface area contributed by atoms with Crippen LogP contribution in [0.1, 0.15) is 19.0 Å². The molecule has 0 aliphatic heterocycles. The van der Waals surface area contributed by atoms with Gasteiger partial charge in [-0.25, -0.2) is 4.98 Å². The van der Waals surface area contributed by atoms with Crippen LogP contribution < -0.4 is 5.73 Å². The summed E-state index contributed by atoms with van der Waals surface area (Å²) < 4.78 is 2.80. The van der Waals surface area contributed by atoms with E-state index in [4.69, 9.17) is 5.73 Å². The Bertz CT molecular complexity index is 536. The molecule has 18 heavy (non-hydrogen) atoms. The lowest BCUT2D eigenvalue weighted by Gasteiger charge is -2.02. The molecule has 2 N–H and O–H groups in total. The summed E-state index contributed by atoms with van der Waals surface area (Å²) in [7, 11) is 1.91. The third-order valence-corrected chi connectivity index (χ3v) is 4.09. The molecule has 2 heterocycles. The molecule has 0 fully saturated rings. The molecule has 0 aliphatic carbocycles. The highest BCUT2D eigenvalue weighted by Gasteiger charge is 2.14. The average molecular weight is 327 g/mol. The van der Waals surface area contributed by atoms with Gasteiger partial charge in [0.2, 0.25) is 0 Å². The number of hydrogen-bond donors (Lipinski definition) is 1. The first kappa shape index (κ1) is 13.4. The number of aryl methyl sites for hydroxylation is 2. The van der Waals surface area contributed by atoms with E-state index in [2.05, 4.69) is 32.9 Å². The van der Waals surface area contributed by atoms with Crippen molar-refractivity contribution in [1.29, 1.82) is 0 Å². The number of halogens is 1. The molecule has 0 spiro atoms. The Morgan fingerprint density at radius 2 is 2.22 bits per heavy atom. The summed E-state index contributed by atoms with van der Waals surface area (Å²) in [5.74, 6) is 0. The van der Waals surface area contributed by atoms with Gasteiger partial charge in [0.15, 0.2) is 0 Å². The standard InChI is InChI=1S/C12H15BrN4S/c1-3-4-9-11(14)12(17(2)16-9)18-10-6-5-8(13)7-15-10/h5-7H,3-4,14H2,1-2H3. The molecule has 0 amide bonds. The van der Waals surface area contributed by atoms with Crippen molar-refractivity contribution in [2.24, 2.45) is 7.05 Å². The number of rotatable bonds is 4. The molecular weight excluding hydrogens is 312 g/mol. The van der Waals surface area contributed by atoms with Gasteiger partial charge in [-0.15, -0.1) is 0 Å². The Balaban J connectivity index is 2.26. The van der Waals surface area contributed by atoms with Crippen LogP contribution in [0.3, 0.4) is 0 Å². The van der Waals surface area contributed by atoms with Gasteiger partial charge in [0, 0.05) is 17.7 Å². The molecule has 0 unspecified atom stereocenters. The molecule has 0 aromatic carbocycles. The van der Waals surface area contributed by atoms with Crippen LogP contribution in [-0.4, -0.2) is 14.8 Å². The largest absolute Gasteiger partial charge is 0.395 e. The van der Waals surface area contributed by atoms with Crippen molar-refractivity contribution in [3.05, 3.63) is 28.5 Å². The Morgan fingerprint density at radius 3 is 2.83 bits per heavy atom. The zero-order valence-corrected chi connectivity index (χ0v) is 12.8. The van der Waals surface area contributed by atoms with Gasteiger partial charge >= 0.3 is 0 Å². The molecule has 2 rings (SSSR count). The average Bonchev–Trinajstić information content (AvgIpc) is 2.60. The number of pyridine rings is 1. The minimum Gasteiger partial charge on any atom is -0.395 e. The zero-order valence-electron chi connectivity index (χ0n) is 10.4. The number of nitrogens with two attached hydrogens (primary N) is 1. The second-order valence-electron chi connectivity index (χ2n) is 3.96. The highest BCUT2D eigenvalue weighted by molar-refractivity contribution is 9.10. The highest BCUT2D eigenvalue weighted by Crippen LogP contribution is 2.33. The van der Waals surface area contributed by atoms with Gasteiger partial charge in [0.25, 0.3) is 0 Å². The minimum absolute atomic E-state index is 0.772. The molecule has 0 atom stereocenters. The fourth-order valence-corrected chi connectivity index (χ4v) is 2.72. The van der Waals surface area contributed by atoms with Crippen LogP contribution in [0.15, 0.2) is 32.9 Å². The van der Waals surface area contributed by atoms with E-state index in [0.717, 1.165) is 38.7 Å². The molecular formula is C12H15BrN4S. The lowest BCUT2D eigenvalue weighted by molar-refractivity contribution is 0.681. The van der Waals surface area contributed by atoms with E-state index < -0.39 is 0 Å². The van der Waals surface area contributed by atoms with Gasteiger partial charge in [0.05, 0.1) is 11.4 Å². The number of aromatic nitrogens is 3. The highest BCUT2D eigenvalue weighted by atomic mass is 79.9. The predicted molar refractivity (Wildman–Crippen MR) is 77.7 cm³/mol. The van der Waals surface area contributed by atoms with Crippen molar-refractivity contribution in [1.82, 2.24) is 14.8 Å². The maximum absolute atomic E-state index is 6.13. The van der Waals surface area contributed by atoms with Crippen LogP contribution in [0.25, 0.3) is 0 Å². The van der Waals surface area contributed by atoms with Crippen molar-refractivity contribution in [2.75, 3.05) is 5.73 Å². The number of nitrogens with zero attached hydrogens (tertiary/aromatic N) is 3. The van der Waals surface area contributed by atoms with Crippen molar-refractivity contribution in [3.8, 4) is 0 Å². The second kappa shape index (κ2) is 5.75. The maximum atomic E-state index is 6.13. The number of nitrogen functional groups attached to an aromatic ring is 1. The second-order valence-corrected chi connectivity index (χ2v) is 5.88. The first-order chi connectivity index (χ1) is 8.61. The molecule has 0 radical (unpaired) electrons. The first-order valence-electron chi connectivity index (χ1n) is 5.72. The van der Waals surface area contributed by atoms with Crippen LogP contribution in [-0.2, 0) is 13.5 Å². The van der Waals surface area contributed by atoms with E-state index >= 15 is 0 Å².